The molecule has 1 atom stereocenters. The van der Waals surface area contributed by atoms with E-state index in [1.54, 1.807) is 30.3 Å². The minimum absolute atomic E-state index is 0.0623. The molecule has 2 aromatic heterocycles. The number of amides is 3. The first-order chi connectivity index (χ1) is 16.5. The van der Waals surface area contributed by atoms with Crippen molar-refractivity contribution in [3.63, 3.8) is 0 Å². The van der Waals surface area contributed by atoms with Gasteiger partial charge in [0.1, 0.15) is 5.76 Å². The summed E-state index contributed by atoms with van der Waals surface area (Å²) in [6.07, 6.45) is 7.98. The number of hydrogen-bond acceptors (Lipinski definition) is 5. The van der Waals surface area contributed by atoms with Gasteiger partial charge in [-0.05, 0) is 56.2 Å². The van der Waals surface area contributed by atoms with Gasteiger partial charge in [0.2, 0.25) is 5.91 Å². The largest absolute Gasteiger partial charge is 0.467 e. The maximum atomic E-state index is 13.6. The summed E-state index contributed by atoms with van der Waals surface area (Å²) in [5.74, 6) is -0.826. The molecule has 1 saturated carbocycles. The summed E-state index contributed by atoms with van der Waals surface area (Å²) in [5.41, 5.74) is 1.55. The lowest BCUT2D eigenvalue weighted by Gasteiger charge is -2.32. The number of furan rings is 2. The maximum absolute atomic E-state index is 13.6. The molecular formula is C26H29N3O5. The third-order valence-corrected chi connectivity index (χ3v) is 6.00. The van der Waals surface area contributed by atoms with Gasteiger partial charge >= 0.3 is 0 Å². The Morgan fingerprint density at radius 3 is 2.32 bits per heavy atom. The number of benzene rings is 1. The molecule has 1 unspecified atom stereocenters. The lowest BCUT2D eigenvalue weighted by Crippen LogP contribution is -2.49. The van der Waals surface area contributed by atoms with E-state index in [9.17, 15) is 14.4 Å². The Labute approximate surface area is 198 Å². The van der Waals surface area contributed by atoms with Gasteiger partial charge in [0.15, 0.2) is 11.8 Å². The smallest absolute Gasteiger partial charge is 0.287 e. The SMILES string of the molecule is Cc1ccc(N(C(=O)CNC(=O)c2ccco2)C(C(=O)NC2CCCCC2)c2ccco2)cc1. The minimum atomic E-state index is -1.02. The summed E-state index contributed by atoms with van der Waals surface area (Å²) in [7, 11) is 0. The van der Waals surface area contributed by atoms with Crippen LogP contribution in [0.2, 0.25) is 0 Å². The molecule has 1 aliphatic carbocycles. The van der Waals surface area contributed by atoms with E-state index in [1.807, 2.05) is 19.1 Å². The molecule has 0 saturated heterocycles. The summed E-state index contributed by atoms with van der Waals surface area (Å²) in [5, 5.41) is 5.70. The lowest BCUT2D eigenvalue weighted by molar-refractivity contribution is -0.127. The number of hydrogen-bond donors (Lipinski definition) is 2. The van der Waals surface area contributed by atoms with Crippen molar-refractivity contribution in [2.24, 2.45) is 0 Å². The molecule has 0 aliphatic heterocycles. The first kappa shape index (κ1) is 23.4. The van der Waals surface area contributed by atoms with Gasteiger partial charge in [-0.25, -0.2) is 0 Å². The predicted octanol–water partition coefficient (Wildman–Crippen LogP) is 4.13. The number of nitrogens with zero attached hydrogens (tertiary/aromatic N) is 1. The molecule has 0 bridgehead atoms. The van der Waals surface area contributed by atoms with E-state index in [2.05, 4.69) is 10.6 Å². The van der Waals surface area contributed by atoms with E-state index in [1.165, 1.54) is 23.5 Å². The average molecular weight is 464 g/mol. The van der Waals surface area contributed by atoms with Crippen LogP contribution in [0.5, 0.6) is 0 Å². The highest BCUT2D eigenvalue weighted by atomic mass is 16.3. The molecule has 0 spiro atoms. The second kappa shape index (κ2) is 10.9. The number of rotatable bonds is 8. The Hall–Kier alpha value is -3.81. The number of carbonyl (C=O) groups is 3. The molecule has 178 valence electrons. The summed E-state index contributed by atoms with van der Waals surface area (Å²) in [6, 6.07) is 12.8. The lowest BCUT2D eigenvalue weighted by atomic mass is 9.95. The monoisotopic (exact) mass is 463 g/mol. The van der Waals surface area contributed by atoms with Gasteiger partial charge in [-0.3, -0.25) is 19.3 Å². The Balaban J connectivity index is 1.62. The fraction of sp³-hybridized carbons (Fsp3) is 0.346. The molecule has 34 heavy (non-hydrogen) atoms. The maximum Gasteiger partial charge on any atom is 0.287 e. The van der Waals surface area contributed by atoms with Crippen LogP contribution in [0.1, 0.15) is 60.0 Å². The highest BCUT2D eigenvalue weighted by Crippen LogP contribution is 2.29. The number of aryl methyl sites for hydroxylation is 1. The van der Waals surface area contributed by atoms with Crippen LogP contribution in [0.4, 0.5) is 5.69 Å². The average Bonchev–Trinajstić information content (AvgIpc) is 3.57. The van der Waals surface area contributed by atoms with Crippen LogP contribution < -0.4 is 15.5 Å². The third-order valence-electron chi connectivity index (χ3n) is 6.00. The van der Waals surface area contributed by atoms with E-state index >= 15 is 0 Å². The molecule has 8 heteroatoms. The molecule has 2 N–H and O–H groups in total. The quantitative estimate of drug-likeness (QED) is 0.523. The van der Waals surface area contributed by atoms with Gasteiger partial charge in [0.25, 0.3) is 11.8 Å². The molecule has 8 nitrogen and oxygen atoms in total. The van der Waals surface area contributed by atoms with Gasteiger partial charge in [0.05, 0.1) is 19.1 Å². The van der Waals surface area contributed by atoms with Gasteiger partial charge in [-0.2, -0.15) is 0 Å². The summed E-state index contributed by atoms with van der Waals surface area (Å²) >= 11 is 0. The molecule has 1 aliphatic rings. The fourth-order valence-electron chi connectivity index (χ4n) is 4.23. The van der Waals surface area contributed by atoms with E-state index in [0.717, 1.165) is 37.7 Å². The molecular weight excluding hydrogens is 434 g/mol. The zero-order valence-corrected chi connectivity index (χ0v) is 19.2. The second-order valence-corrected chi connectivity index (χ2v) is 8.52. The van der Waals surface area contributed by atoms with Crippen molar-refractivity contribution >= 4 is 23.4 Å². The predicted molar refractivity (Wildman–Crippen MR) is 126 cm³/mol. The van der Waals surface area contributed by atoms with Crippen molar-refractivity contribution in [3.8, 4) is 0 Å². The van der Waals surface area contributed by atoms with Crippen LogP contribution in [0.25, 0.3) is 0 Å². The normalized spacial score (nSPS) is 14.9. The zero-order valence-electron chi connectivity index (χ0n) is 19.2. The standard InChI is InChI=1S/C26H29N3O5/c1-18-11-13-20(14-12-18)29(23(30)17-27-25(31)22-10-6-16-34-22)24(21-9-5-15-33-21)26(32)28-19-7-3-2-4-8-19/h5-6,9-16,19,24H,2-4,7-8,17H2,1H3,(H,27,31)(H,28,32). The van der Waals surface area contributed by atoms with E-state index in [0.29, 0.717) is 11.4 Å². The van der Waals surface area contributed by atoms with Gasteiger partial charge in [-0.15, -0.1) is 0 Å². The van der Waals surface area contributed by atoms with E-state index in [4.69, 9.17) is 8.83 Å². The highest BCUT2D eigenvalue weighted by molar-refractivity contribution is 6.04. The molecule has 4 rings (SSSR count). The van der Waals surface area contributed by atoms with Crippen LogP contribution >= 0.6 is 0 Å². The molecule has 3 aromatic rings. The summed E-state index contributed by atoms with van der Waals surface area (Å²) in [4.78, 5) is 40.8. The molecule has 3 amide bonds. The van der Waals surface area contributed by atoms with Crippen molar-refractivity contribution in [3.05, 3.63) is 78.1 Å². The van der Waals surface area contributed by atoms with Gasteiger partial charge in [-0.1, -0.05) is 37.0 Å². The Kier molecular flexibility index (Phi) is 7.47. The van der Waals surface area contributed by atoms with Crippen LogP contribution in [-0.4, -0.2) is 30.3 Å². The number of anilines is 1. The Bertz CT molecular complexity index is 1080. The van der Waals surface area contributed by atoms with E-state index in [-0.39, 0.29) is 24.3 Å². The highest BCUT2D eigenvalue weighted by Gasteiger charge is 2.36. The Morgan fingerprint density at radius 2 is 1.68 bits per heavy atom. The van der Waals surface area contributed by atoms with E-state index < -0.39 is 17.9 Å². The summed E-state index contributed by atoms with van der Waals surface area (Å²) < 4.78 is 10.7. The van der Waals surface area contributed by atoms with Crippen molar-refractivity contribution in [1.82, 2.24) is 10.6 Å². The first-order valence-electron chi connectivity index (χ1n) is 11.6. The number of nitrogens with one attached hydrogen (secondary N) is 2. The van der Waals surface area contributed by atoms with Crippen molar-refractivity contribution in [1.29, 1.82) is 0 Å². The zero-order chi connectivity index (χ0) is 23.9. The van der Waals surface area contributed by atoms with Crippen molar-refractivity contribution in [2.45, 2.75) is 51.1 Å². The van der Waals surface area contributed by atoms with Crippen molar-refractivity contribution < 1.29 is 23.2 Å². The van der Waals surface area contributed by atoms with Crippen LogP contribution in [0, 0.1) is 6.92 Å². The molecule has 1 aromatic carbocycles. The summed E-state index contributed by atoms with van der Waals surface area (Å²) in [6.45, 7) is 1.63. The van der Waals surface area contributed by atoms with Gasteiger partial charge < -0.3 is 19.5 Å². The number of carbonyl (C=O) groups excluding carboxylic acids is 3. The third kappa shape index (κ3) is 5.57. The first-order valence-corrected chi connectivity index (χ1v) is 11.6. The minimum Gasteiger partial charge on any atom is -0.467 e. The van der Waals surface area contributed by atoms with Crippen molar-refractivity contribution in [2.75, 3.05) is 11.4 Å². The topological polar surface area (TPSA) is 105 Å². The molecule has 0 radical (unpaired) electrons. The Morgan fingerprint density at radius 1 is 0.971 bits per heavy atom. The fourth-order valence-corrected chi connectivity index (χ4v) is 4.23. The van der Waals surface area contributed by atoms with Crippen LogP contribution in [-0.2, 0) is 9.59 Å². The molecule has 1 fully saturated rings. The molecule has 2 heterocycles. The second-order valence-electron chi connectivity index (χ2n) is 8.52. The van der Waals surface area contributed by atoms with Crippen LogP contribution in [0.15, 0.2) is 69.9 Å². The van der Waals surface area contributed by atoms with Gasteiger partial charge in [0, 0.05) is 11.7 Å². The van der Waals surface area contributed by atoms with Crippen LogP contribution in [0.3, 0.4) is 0 Å².